The number of nitrogens with zero attached hydrogens (tertiary/aromatic N) is 1. The lowest BCUT2D eigenvalue weighted by Gasteiger charge is -2.55. The summed E-state index contributed by atoms with van der Waals surface area (Å²) in [5.74, 6) is 0. The summed E-state index contributed by atoms with van der Waals surface area (Å²) in [6.45, 7) is 11.7. The van der Waals surface area contributed by atoms with Crippen LogP contribution in [0, 0.1) is 0 Å². The average Bonchev–Trinajstić information content (AvgIpc) is 2.09. The minimum atomic E-state index is -0.792. The molecule has 0 amide bonds. The van der Waals surface area contributed by atoms with Crippen molar-refractivity contribution in [2.24, 2.45) is 0 Å². The Morgan fingerprint density at radius 1 is 1.19 bits per heavy atom. The van der Waals surface area contributed by atoms with Crippen molar-refractivity contribution >= 4 is 0 Å². The van der Waals surface area contributed by atoms with Crippen LogP contribution in [0.3, 0.4) is 0 Å². The molecule has 16 heavy (non-hydrogen) atoms. The van der Waals surface area contributed by atoms with Crippen LogP contribution in [0.15, 0.2) is 0 Å². The van der Waals surface area contributed by atoms with Gasteiger partial charge >= 0.3 is 0 Å². The molecule has 0 aromatic heterocycles. The Morgan fingerprint density at radius 2 is 1.69 bits per heavy atom. The Morgan fingerprint density at radius 3 is 2.12 bits per heavy atom. The second kappa shape index (κ2) is 4.26. The summed E-state index contributed by atoms with van der Waals surface area (Å²) >= 11 is 0. The van der Waals surface area contributed by atoms with E-state index in [0.29, 0.717) is 6.42 Å². The zero-order valence-electron chi connectivity index (χ0n) is 11.2. The van der Waals surface area contributed by atoms with E-state index in [2.05, 4.69) is 0 Å². The van der Waals surface area contributed by atoms with E-state index in [-0.39, 0.29) is 11.6 Å². The van der Waals surface area contributed by atoms with Crippen molar-refractivity contribution in [1.29, 1.82) is 0 Å². The number of aliphatic hydroxyl groups is 2. The molecule has 4 heteroatoms. The summed E-state index contributed by atoms with van der Waals surface area (Å²) in [7, 11) is 0. The van der Waals surface area contributed by atoms with Crippen molar-refractivity contribution in [2.75, 3.05) is 0 Å². The van der Waals surface area contributed by atoms with Gasteiger partial charge in [-0.1, -0.05) is 0 Å². The Hall–Kier alpha value is -0.160. The summed E-state index contributed by atoms with van der Waals surface area (Å²) in [6, 6.07) is 0. The molecule has 4 nitrogen and oxygen atoms in total. The molecule has 0 aromatic carbocycles. The third-order valence-corrected chi connectivity index (χ3v) is 3.19. The van der Waals surface area contributed by atoms with Gasteiger partial charge in [-0.15, -0.1) is 0 Å². The molecule has 0 aromatic rings. The maximum atomic E-state index is 10.0. The van der Waals surface area contributed by atoms with Crippen LogP contribution in [0.1, 0.15) is 48.0 Å². The van der Waals surface area contributed by atoms with Crippen LogP contribution in [-0.4, -0.2) is 44.7 Å². The first-order valence-electron chi connectivity index (χ1n) is 5.92. The number of hydrogen-bond donors (Lipinski definition) is 2. The highest BCUT2D eigenvalue weighted by atomic mass is 16.7. The molecule has 2 atom stereocenters. The first-order chi connectivity index (χ1) is 7.09. The van der Waals surface area contributed by atoms with E-state index in [1.165, 1.54) is 0 Å². The van der Waals surface area contributed by atoms with Gasteiger partial charge in [-0.2, -0.15) is 5.06 Å². The van der Waals surface area contributed by atoms with Crippen LogP contribution in [0.25, 0.3) is 0 Å². The molecular formula is C12H25NO3. The lowest BCUT2D eigenvalue weighted by molar-refractivity contribution is -0.331. The molecule has 1 aliphatic rings. The van der Waals surface area contributed by atoms with Gasteiger partial charge in [0.15, 0.2) is 0 Å². The fourth-order valence-corrected chi connectivity index (χ4v) is 2.57. The highest BCUT2D eigenvalue weighted by Crippen LogP contribution is 2.39. The molecule has 0 aliphatic carbocycles. The van der Waals surface area contributed by atoms with Crippen LogP contribution in [0.4, 0.5) is 0 Å². The third kappa shape index (κ3) is 2.40. The molecular weight excluding hydrogens is 206 g/mol. The van der Waals surface area contributed by atoms with E-state index in [1.807, 2.05) is 46.6 Å². The molecule has 1 saturated heterocycles. The van der Waals surface area contributed by atoms with Gasteiger partial charge in [0.2, 0.25) is 0 Å². The summed E-state index contributed by atoms with van der Waals surface area (Å²) in [4.78, 5) is 5.80. The van der Waals surface area contributed by atoms with E-state index in [9.17, 15) is 10.2 Å². The zero-order chi connectivity index (χ0) is 12.7. The van der Waals surface area contributed by atoms with Crippen molar-refractivity contribution < 1.29 is 15.1 Å². The summed E-state index contributed by atoms with van der Waals surface area (Å²) < 4.78 is 0. The average molecular weight is 231 g/mol. The van der Waals surface area contributed by atoms with Crippen molar-refractivity contribution in [2.45, 2.75) is 77.4 Å². The normalized spacial score (nSPS) is 34.3. The quantitative estimate of drug-likeness (QED) is 0.752. The van der Waals surface area contributed by atoms with Crippen LogP contribution >= 0.6 is 0 Å². The third-order valence-electron chi connectivity index (χ3n) is 3.19. The Kier molecular flexibility index (Phi) is 3.70. The molecule has 1 rings (SSSR count). The summed E-state index contributed by atoms with van der Waals surface area (Å²) in [5.41, 5.74) is -0.877. The van der Waals surface area contributed by atoms with E-state index >= 15 is 0 Å². The van der Waals surface area contributed by atoms with E-state index in [0.717, 1.165) is 0 Å². The van der Waals surface area contributed by atoms with E-state index in [1.54, 1.807) is 0 Å². The van der Waals surface area contributed by atoms with Crippen LogP contribution in [0.5, 0.6) is 0 Å². The second-order valence-electron chi connectivity index (χ2n) is 6.13. The van der Waals surface area contributed by atoms with Gasteiger partial charge in [0, 0.05) is 5.54 Å². The van der Waals surface area contributed by atoms with Gasteiger partial charge in [-0.25, -0.2) is 0 Å². The maximum Gasteiger partial charge on any atom is 0.100 e. The molecule has 1 aliphatic heterocycles. The van der Waals surface area contributed by atoms with Crippen molar-refractivity contribution in [3.05, 3.63) is 0 Å². The minimum absolute atomic E-state index is 0.0565. The number of piperidine rings is 1. The SMILES string of the molecule is CC(C)ON1C(C)(C)CC(O)C(O)C1(C)C. The molecule has 0 radical (unpaired) electrons. The fourth-order valence-electron chi connectivity index (χ4n) is 2.57. The standard InChI is InChI=1S/C12H25NO3/c1-8(2)16-13-11(3,4)7-9(14)10(15)12(13,5)6/h8-10,14-15H,7H2,1-6H3. The highest BCUT2D eigenvalue weighted by Gasteiger charge is 2.52. The monoisotopic (exact) mass is 231 g/mol. The van der Waals surface area contributed by atoms with Crippen LogP contribution in [0.2, 0.25) is 0 Å². The van der Waals surface area contributed by atoms with Gasteiger partial charge in [0.05, 0.1) is 17.7 Å². The molecule has 0 bridgehead atoms. The fraction of sp³-hybridized carbons (Fsp3) is 1.00. The van der Waals surface area contributed by atoms with E-state index < -0.39 is 17.7 Å². The predicted molar refractivity (Wildman–Crippen MR) is 62.8 cm³/mol. The number of hydrogen-bond acceptors (Lipinski definition) is 4. The minimum Gasteiger partial charge on any atom is -0.390 e. The van der Waals surface area contributed by atoms with Crippen LogP contribution < -0.4 is 0 Å². The first-order valence-corrected chi connectivity index (χ1v) is 5.92. The zero-order valence-corrected chi connectivity index (χ0v) is 11.2. The van der Waals surface area contributed by atoms with Gasteiger partial charge in [-0.05, 0) is 48.0 Å². The maximum absolute atomic E-state index is 10.0. The molecule has 1 fully saturated rings. The number of hydroxylamine groups is 2. The van der Waals surface area contributed by atoms with Crippen LogP contribution in [-0.2, 0) is 4.84 Å². The second-order valence-corrected chi connectivity index (χ2v) is 6.13. The summed E-state index contributed by atoms with van der Waals surface area (Å²) in [6.07, 6.45) is -0.929. The lowest BCUT2D eigenvalue weighted by atomic mass is 9.78. The Bertz CT molecular complexity index is 251. The molecule has 0 spiro atoms. The van der Waals surface area contributed by atoms with Crippen molar-refractivity contribution in [3.63, 3.8) is 0 Å². The molecule has 1 heterocycles. The Balaban J connectivity index is 2.99. The van der Waals surface area contributed by atoms with Gasteiger partial charge in [0.1, 0.15) is 6.10 Å². The number of aliphatic hydroxyl groups excluding tert-OH is 2. The topological polar surface area (TPSA) is 52.9 Å². The molecule has 2 unspecified atom stereocenters. The first kappa shape index (κ1) is 13.9. The lowest BCUT2D eigenvalue weighted by Crippen LogP contribution is -2.69. The van der Waals surface area contributed by atoms with Gasteiger partial charge in [-0.3, -0.25) is 4.84 Å². The smallest absolute Gasteiger partial charge is 0.100 e. The largest absolute Gasteiger partial charge is 0.390 e. The molecule has 96 valence electrons. The summed E-state index contributed by atoms with van der Waals surface area (Å²) in [5, 5.41) is 21.8. The predicted octanol–water partition coefficient (Wildman–Crippen LogP) is 1.31. The molecule has 2 N–H and O–H groups in total. The van der Waals surface area contributed by atoms with Crippen molar-refractivity contribution in [3.8, 4) is 0 Å². The van der Waals surface area contributed by atoms with Gasteiger partial charge in [0.25, 0.3) is 0 Å². The van der Waals surface area contributed by atoms with E-state index in [4.69, 9.17) is 4.84 Å². The number of rotatable bonds is 2. The highest BCUT2D eigenvalue weighted by molar-refractivity contribution is 5.02. The van der Waals surface area contributed by atoms with Crippen molar-refractivity contribution in [1.82, 2.24) is 5.06 Å². The molecule has 0 saturated carbocycles. The van der Waals surface area contributed by atoms with Gasteiger partial charge < -0.3 is 10.2 Å². The Labute approximate surface area is 98.2 Å².